The summed E-state index contributed by atoms with van der Waals surface area (Å²) < 4.78 is 0. The lowest BCUT2D eigenvalue weighted by Crippen LogP contribution is -2.36. The molecule has 0 spiro atoms. The molecule has 1 aliphatic heterocycles. The fourth-order valence-corrected chi connectivity index (χ4v) is 3.40. The van der Waals surface area contributed by atoms with Gasteiger partial charge in [0.15, 0.2) is 0 Å². The molecule has 0 saturated carbocycles. The Bertz CT molecular complexity index is 466. The maximum Gasteiger partial charge on any atom is 0.335 e. The summed E-state index contributed by atoms with van der Waals surface area (Å²) in [6, 6.07) is 6.40. The summed E-state index contributed by atoms with van der Waals surface area (Å²) >= 11 is 1.72. The Morgan fingerprint density at radius 1 is 1.26 bits per heavy atom. The Labute approximate surface area is 116 Å². The smallest absolute Gasteiger partial charge is 0.335 e. The third kappa shape index (κ3) is 3.29. The minimum Gasteiger partial charge on any atom is -0.478 e. The van der Waals surface area contributed by atoms with Crippen LogP contribution in [-0.2, 0) is 4.79 Å². The lowest BCUT2D eigenvalue weighted by Gasteiger charge is -2.26. The topological polar surface area (TPSA) is 57.6 Å². The molecule has 1 N–H and O–H groups in total. The van der Waals surface area contributed by atoms with Gasteiger partial charge in [0.1, 0.15) is 0 Å². The van der Waals surface area contributed by atoms with Crippen molar-refractivity contribution >= 4 is 29.3 Å². The Balaban J connectivity index is 2.07. The maximum atomic E-state index is 12.3. The number of carboxylic acid groups (broad SMARTS) is 1. The largest absolute Gasteiger partial charge is 0.478 e. The lowest BCUT2D eigenvalue weighted by molar-refractivity contribution is -0.118. The number of carboxylic acids is 1. The fourth-order valence-electron chi connectivity index (χ4n) is 2.11. The molecule has 5 heteroatoms. The van der Waals surface area contributed by atoms with Gasteiger partial charge >= 0.3 is 5.97 Å². The number of amides is 1. The Morgan fingerprint density at radius 2 is 1.95 bits per heavy atom. The van der Waals surface area contributed by atoms with Crippen molar-refractivity contribution in [1.29, 1.82) is 0 Å². The summed E-state index contributed by atoms with van der Waals surface area (Å²) in [7, 11) is 1.74. The molecule has 1 aliphatic rings. The molecule has 102 valence electrons. The van der Waals surface area contributed by atoms with E-state index in [0.717, 1.165) is 24.3 Å². The second-order valence-corrected chi connectivity index (χ2v) is 5.92. The number of hydrogen-bond acceptors (Lipinski definition) is 3. The van der Waals surface area contributed by atoms with Gasteiger partial charge < -0.3 is 10.0 Å². The normalized spacial score (nSPS) is 18.9. The molecule has 0 aromatic heterocycles. The molecule has 1 unspecified atom stereocenters. The third-order valence-corrected chi connectivity index (χ3v) is 4.65. The molecule has 19 heavy (non-hydrogen) atoms. The first-order chi connectivity index (χ1) is 9.09. The van der Waals surface area contributed by atoms with Gasteiger partial charge in [0.25, 0.3) is 0 Å². The quantitative estimate of drug-likeness (QED) is 0.924. The van der Waals surface area contributed by atoms with E-state index < -0.39 is 5.97 Å². The van der Waals surface area contributed by atoms with Gasteiger partial charge in [0, 0.05) is 12.7 Å². The van der Waals surface area contributed by atoms with Crippen LogP contribution >= 0.6 is 11.8 Å². The first kappa shape index (κ1) is 13.9. The van der Waals surface area contributed by atoms with Crippen LogP contribution in [0.15, 0.2) is 24.3 Å². The van der Waals surface area contributed by atoms with Gasteiger partial charge in [-0.05, 0) is 42.9 Å². The van der Waals surface area contributed by atoms with E-state index in [-0.39, 0.29) is 16.7 Å². The van der Waals surface area contributed by atoms with Crippen LogP contribution in [0.1, 0.15) is 29.6 Å². The van der Waals surface area contributed by atoms with Gasteiger partial charge in [-0.15, -0.1) is 11.8 Å². The zero-order chi connectivity index (χ0) is 13.8. The number of hydrogen-bond donors (Lipinski definition) is 1. The molecule has 1 saturated heterocycles. The van der Waals surface area contributed by atoms with Crippen molar-refractivity contribution in [1.82, 2.24) is 0 Å². The van der Waals surface area contributed by atoms with E-state index in [1.807, 2.05) is 0 Å². The standard InChI is InChI=1S/C14H17NO3S/c1-15(13(16)12-4-2-3-9-19-12)11-7-5-10(6-8-11)14(17)18/h5-8,12H,2-4,9H2,1H3,(H,17,18). The highest BCUT2D eigenvalue weighted by Gasteiger charge is 2.25. The Kier molecular flexibility index (Phi) is 4.47. The highest BCUT2D eigenvalue weighted by atomic mass is 32.2. The molecular weight excluding hydrogens is 262 g/mol. The Morgan fingerprint density at radius 3 is 2.47 bits per heavy atom. The van der Waals surface area contributed by atoms with E-state index in [1.165, 1.54) is 18.6 Å². The highest BCUT2D eigenvalue weighted by Crippen LogP contribution is 2.28. The van der Waals surface area contributed by atoms with Crippen LogP contribution in [0, 0.1) is 0 Å². The second-order valence-electron chi connectivity index (χ2n) is 4.60. The first-order valence-corrected chi connectivity index (χ1v) is 7.37. The summed E-state index contributed by atoms with van der Waals surface area (Å²) in [4.78, 5) is 24.7. The van der Waals surface area contributed by atoms with E-state index in [0.29, 0.717) is 0 Å². The molecule has 2 rings (SSSR count). The summed E-state index contributed by atoms with van der Waals surface area (Å²) in [6.45, 7) is 0. The van der Waals surface area contributed by atoms with Crippen LogP contribution in [-0.4, -0.2) is 35.0 Å². The molecule has 0 aliphatic carbocycles. The van der Waals surface area contributed by atoms with E-state index in [4.69, 9.17) is 5.11 Å². The van der Waals surface area contributed by atoms with Gasteiger partial charge in [-0.3, -0.25) is 4.79 Å². The molecule has 1 aromatic rings. The number of aromatic carboxylic acids is 1. The van der Waals surface area contributed by atoms with Crippen LogP contribution in [0.3, 0.4) is 0 Å². The van der Waals surface area contributed by atoms with E-state index in [1.54, 1.807) is 35.8 Å². The van der Waals surface area contributed by atoms with Crippen molar-refractivity contribution in [3.8, 4) is 0 Å². The fraction of sp³-hybridized carbons (Fsp3) is 0.429. The average Bonchev–Trinajstić information content (AvgIpc) is 2.46. The van der Waals surface area contributed by atoms with Crippen LogP contribution in [0.25, 0.3) is 0 Å². The van der Waals surface area contributed by atoms with E-state index in [9.17, 15) is 9.59 Å². The SMILES string of the molecule is CN(C(=O)C1CCCCS1)c1ccc(C(=O)O)cc1. The van der Waals surface area contributed by atoms with Crippen molar-refractivity contribution < 1.29 is 14.7 Å². The van der Waals surface area contributed by atoms with Gasteiger partial charge in [-0.25, -0.2) is 4.79 Å². The predicted octanol–water partition coefficient (Wildman–Crippen LogP) is 2.63. The molecule has 0 bridgehead atoms. The number of carbonyl (C=O) groups is 2. The van der Waals surface area contributed by atoms with Crippen LogP contribution in [0.4, 0.5) is 5.69 Å². The van der Waals surface area contributed by atoms with E-state index in [2.05, 4.69) is 0 Å². The third-order valence-electron chi connectivity index (χ3n) is 3.29. The maximum absolute atomic E-state index is 12.3. The van der Waals surface area contributed by atoms with Crippen LogP contribution in [0.5, 0.6) is 0 Å². The molecular formula is C14H17NO3S. The molecule has 4 nitrogen and oxygen atoms in total. The molecule has 1 amide bonds. The lowest BCUT2D eigenvalue weighted by atomic mass is 10.1. The van der Waals surface area contributed by atoms with Gasteiger partial charge in [-0.1, -0.05) is 6.42 Å². The van der Waals surface area contributed by atoms with Gasteiger partial charge in [-0.2, -0.15) is 0 Å². The van der Waals surface area contributed by atoms with Gasteiger partial charge in [0.05, 0.1) is 10.8 Å². The monoisotopic (exact) mass is 279 g/mol. The first-order valence-electron chi connectivity index (χ1n) is 6.32. The predicted molar refractivity (Wildman–Crippen MR) is 76.9 cm³/mol. The van der Waals surface area contributed by atoms with Crippen molar-refractivity contribution in [2.24, 2.45) is 0 Å². The number of rotatable bonds is 3. The summed E-state index contributed by atoms with van der Waals surface area (Å²) in [5.41, 5.74) is 0.970. The van der Waals surface area contributed by atoms with E-state index >= 15 is 0 Å². The average molecular weight is 279 g/mol. The highest BCUT2D eigenvalue weighted by molar-refractivity contribution is 8.00. The molecule has 1 atom stereocenters. The summed E-state index contributed by atoms with van der Waals surface area (Å²) in [5.74, 6) is 0.193. The second kappa shape index (κ2) is 6.10. The molecule has 1 heterocycles. The minimum absolute atomic E-state index is 0.0397. The molecule has 1 fully saturated rings. The number of anilines is 1. The summed E-state index contributed by atoms with van der Waals surface area (Å²) in [6.07, 6.45) is 3.22. The van der Waals surface area contributed by atoms with Crippen molar-refractivity contribution in [2.45, 2.75) is 24.5 Å². The number of carbonyl (C=O) groups excluding carboxylic acids is 1. The molecule has 1 aromatic carbocycles. The van der Waals surface area contributed by atoms with Gasteiger partial charge in [0.2, 0.25) is 5.91 Å². The minimum atomic E-state index is -0.955. The van der Waals surface area contributed by atoms with Crippen LogP contribution < -0.4 is 4.90 Å². The number of nitrogens with zero attached hydrogens (tertiary/aromatic N) is 1. The zero-order valence-corrected chi connectivity index (χ0v) is 11.7. The number of benzene rings is 1. The van der Waals surface area contributed by atoms with Crippen molar-refractivity contribution in [3.63, 3.8) is 0 Å². The van der Waals surface area contributed by atoms with Crippen molar-refractivity contribution in [2.75, 3.05) is 17.7 Å². The summed E-state index contributed by atoms with van der Waals surface area (Å²) in [5, 5.41) is 8.88. The van der Waals surface area contributed by atoms with Crippen LogP contribution in [0.2, 0.25) is 0 Å². The number of thioether (sulfide) groups is 1. The zero-order valence-electron chi connectivity index (χ0n) is 10.8. The Hall–Kier alpha value is -1.49. The van der Waals surface area contributed by atoms with Crippen molar-refractivity contribution in [3.05, 3.63) is 29.8 Å². The molecule has 0 radical (unpaired) electrons.